The summed E-state index contributed by atoms with van der Waals surface area (Å²) in [5, 5.41) is 11.7. The molecule has 0 bridgehead atoms. The van der Waals surface area contributed by atoms with Gasteiger partial charge in [0.25, 0.3) is 5.69 Å². The summed E-state index contributed by atoms with van der Waals surface area (Å²) < 4.78 is 3.19. The number of carbonyl (C=O) groups excluding carboxylic acids is 3. The maximum atomic E-state index is 13.5. The Balaban J connectivity index is 1.90. The summed E-state index contributed by atoms with van der Waals surface area (Å²) in [4.78, 5) is 50.9. The minimum atomic E-state index is -1.65. The van der Waals surface area contributed by atoms with E-state index in [0.717, 1.165) is 12.0 Å². The van der Waals surface area contributed by atoms with Gasteiger partial charge in [-0.2, -0.15) is 0 Å². The number of hydrogen-bond donors (Lipinski definition) is 0. The summed E-state index contributed by atoms with van der Waals surface area (Å²) in [6, 6.07) is 11.5. The van der Waals surface area contributed by atoms with E-state index in [4.69, 9.17) is 16.3 Å². The van der Waals surface area contributed by atoms with E-state index in [-0.39, 0.29) is 11.3 Å². The molecule has 2 amide bonds. The van der Waals surface area contributed by atoms with Gasteiger partial charge in [0.15, 0.2) is 4.32 Å². The zero-order valence-corrected chi connectivity index (χ0v) is 17.1. The zero-order valence-electron chi connectivity index (χ0n) is 14.8. The van der Waals surface area contributed by atoms with Crippen molar-refractivity contribution in [2.45, 2.75) is 9.74 Å². The van der Waals surface area contributed by atoms with Gasteiger partial charge in [-0.25, -0.2) is 4.90 Å². The van der Waals surface area contributed by atoms with Crippen LogP contribution in [-0.4, -0.2) is 34.1 Å². The maximum absolute atomic E-state index is 13.5. The number of halogens is 2. The molecule has 0 spiro atoms. The minimum Gasteiger partial charge on any atom is -0.468 e. The highest BCUT2D eigenvalue weighted by molar-refractivity contribution is 9.10. The molecule has 8 nitrogen and oxygen atoms in total. The maximum Gasteiger partial charge on any atom is 0.324 e. The van der Waals surface area contributed by atoms with E-state index < -0.39 is 38.4 Å². The molecule has 2 aromatic carbocycles. The lowest BCUT2D eigenvalue weighted by atomic mass is 9.91. The molecule has 0 N–H and O–H groups in total. The van der Waals surface area contributed by atoms with Crippen molar-refractivity contribution in [3.05, 3.63) is 69.2 Å². The number of hydrogen-bond acceptors (Lipinski definition) is 6. The van der Waals surface area contributed by atoms with E-state index >= 15 is 0 Å². The normalized spacial score (nSPS) is 27.6. The molecule has 10 heteroatoms. The number of esters is 1. The Morgan fingerprint density at radius 2 is 1.90 bits per heavy atom. The standard InChI is InChI=1S/C19H12BrClN2O6/c1-29-17(26)19(20)14-15(24)22(12-7-5-11(21)6-8-12)16(25)18(14,19)10-3-2-4-13(9-10)23(27)28/h2-9,14H,1H3/t14-,18+,19-/m0/s1. The molecule has 1 saturated heterocycles. The predicted octanol–water partition coefficient (Wildman–Crippen LogP) is 3.00. The third-order valence-electron chi connectivity index (χ3n) is 5.41. The van der Waals surface area contributed by atoms with Crippen LogP contribution in [-0.2, 0) is 24.5 Å². The monoisotopic (exact) mass is 478 g/mol. The van der Waals surface area contributed by atoms with E-state index in [1.54, 1.807) is 0 Å². The smallest absolute Gasteiger partial charge is 0.324 e. The van der Waals surface area contributed by atoms with Gasteiger partial charge >= 0.3 is 5.97 Å². The summed E-state index contributed by atoms with van der Waals surface area (Å²) in [6.45, 7) is 0. The molecule has 0 radical (unpaired) electrons. The number of imide groups is 1. The van der Waals surface area contributed by atoms with Crippen LogP contribution >= 0.6 is 27.5 Å². The molecule has 0 aromatic heterocycles. The fourth-order valence-electron chi connectivity index (χ4n) is 4.11. The number of alkyl halides is 1. The Kier molecular flexibility index (Phi) is 4.29. The van der Waals surface area contributed by atoms with E-state index in [1.807, 2.05) is 0 Å². The van der Waals surface area contributed by atoms with Crippen molar-refractivity contribution in [3.63, 3.8) is 0 Å². The average Bonchev–Trinajstić information content (AvgIpc) is 3.21. The molecular formula is C19H12BrClN2O6. The highest BCUT2D eigenvalue weighted by Gasteiger charge is 2.92. The minimum absolute atomic E-state index is 0.189. The van der Waals surface area contributed by atoms with Gasteiger partial charge in [-0.1, -0.05) is 39.7 Å². The third-order valence-corrected chi connectivity index (χ3v) is 7.07. The lowest BCUT2D eigenvalue weighted by Gasteiger charge is -2.25. The van der Waals surface area contributed by atoms with Crippen LogP contribution < -0.4 is 4.90 Å². The molecule has 1 saturated carbocycles. The van der Waals surface area contributed by atoms with Crippen molar-refractivity contribution in [3.8, 4) is 0 Å². The summed E-state index contributed by atoms with van der Waals surface area (Å²) in [7, 11) is 1.15. The van der Waals surface area contributed by atoms with Crippen LogP contribution in [0.1, 0.15) is 5.56 Å². The number of methoxy groups -OCH3 is 1. The van der Waals surface area contributed by atoms with Crippen LogP contribution in [0.25, 0.3) is 0 Å². The molecule has 2 fully saturated rings. The molecule has 0 unspecified atom stereocenters. The first-order chi connectivity index (χ1) is 13.7. The molecular weight excluding hydrogens is 468 g/mol. The van der Waals surface area contributed by atoms with Crippen LogP contribution in [0.15, 0.2) is 48.5 Å². The number of ether oxygens (including phenoxy) is 1. The van der Waals surface area contributed by atoms with Crippen LogP contribution in [0.2, 0.25) is 5.02 Å². The van der Waals surface area contributed by atoms with Gasteiger partial charge in [-0.05, 0) is 29.8 Å². The van der Waals surface area contributed by atoms with Gasteiger partial charge in [0.05, 0.1) is 23.6 Å². The van der Waals surface area contributed by atoms with E-state index in [2.05, 4.69) is 15.9 Å². The van der Waals surface area contributed by atoms with Crippen LogP contribution in [0.5, 0.6) is 0 Å². The Bertz CT molecular complexity index is 1090. The number of carbonyl (C=O) groups is 3. The Morgan fingerprint density at radius 1 is 1.24 bits per heavy atom. The number of benzene rings is 2. The van der Waals surface area contributed by atoms with Crippen molar-refractivity contribution in [1.82, 2.24) is 0 Å². The number of piperidine rings is 1. The van der Waals surface area contributed by atoms with Gasteiger partial charge in [0.1, 0.15) is 5.41 Å². The van der Waals surface area contributed by atoms with E-state index in [0.29, 0.717) is 10.7 Å². The van der Waals surface area contributed by atoms with Crippen molar-refractivity contribution < 1.29 is 24.0 Å². The molecule has 4 rings (SSSR count). The number of rotatable bonds is 4. The fraction of sp³-hybridized carbons (Fsp3) is 0.211. The summed E-state index contributed by atoms with van der Waals surface area (Å²) >= 11 is 9.16. The van der Waals surface area contributed by atoms with Crippen LogP contribution in [0, 0.1) is 16.0 Å². The molecule has 2 aromatic rings. The van der Waals surface area contributed by atoms with Gasteiger partial charge in [-0.15, -0.1) is 0 Å². The molecule has 1 aliphatic heterocycles. The van der Waals surface area contributed by atoms with E-state index in [1.165, 1.54) is 48.5 Å². The van der Waals surface area contributed by atoms with E-state index in [9.17, 15) is 24.5 Å². The number of non-ortho nitro benzene ring substituents is 1. The molecule has 148 valence electrons. The zero-order chi connectivity index (χ0) is 21.1. The van der Waals surface area contributed by atoms with Gasteiger partial charge < -0.3 is 4.74 Å². The third kappa shape index (κ3) is 2.34. The predicted molar refractivity (Wildman–Crippen MR) is 106 cm³/mol. The first kappa shape index (κ1) is 19.5. The molecule has 29 heavy (non-hydrogen) atoms. The quantitative estimate of drug-likeness (QED) is 0.219. The number of nitro groups is 1. The Labute approximate surface area is 177 Å². The second kappa shape index (κ2) is 6.36. The average molecular weight is 480 g/mol. The lowest BCUT2D eigenvalue weighted by molar-refractivity contribution is -0.384. The highest BCUT2D eigenvalue weighted by atomic mass is 79.9. The molecule has 1 heterocycles. The molecule has 2 aliphatic rings. The van der Waals surface area contributed by atoms with Crippen molar-refractivity contribution >= 4 is 56.7 Å². The molecule has 3 atom stereocenters. The Hall–Kier alpha value is -2.78. The number of fused-ring (bicyclic) bond motifs is 1. The second-order valence-corrected chi connectivity index (χ2v) is 8.39. The fourth-order valence-corrected chi connectivity index (χ4v) is 5.45. The SMILES string of the molecule is COC(=O)[C@@]1(Br)[C@H]2C(=O)N(c3ccc(Cl)cc3)C(=O)[C@@]21c1cccc([N+](=O)[O-])c1. The number of nitro benzene ring substituents is 1. The second-order valence-electron chi connectivity index (χ2n) is 6.71. The van der Waals surface area contributed by atoms with Gasteiger partial charge in [0, 0.05) is 17.2 Å². The number of anilines is 1. The Morgan fingerprint density at radius 3 is 2.48 bits per heavy atom. The number of amides is 2. The molecule has 1 aliphatic carbocycles. The topological polar surface area (TPSA) is 107 Å². The lowest BCUT2D eigenvalue weighted by Crippen LogP contribution is -2.46. The van der Waals surface area contributed by atoms with Crippen LogP contribution in [0.4, 0.5) is 11.4 Å². The van der Waals surface area contributed by atoms with Crippen molar-refractivity contribution in [2.75, 3.05) is 12.0 Å². The number of nitrogens with zero attached hydrogens (tertiary/aromatic N) is 2. The summed E-state index contributed by atoms with van der Waals surface area (Å²) in [5.41, 5.74) is -1.43. The van der Waals surface area contributed by atoms with Gasteiger partial charge in [0.2, 0.25) is 11.8 Å². The summed E-state index contributed by atoms with van der Waals surface area (Å²) in [5.74, 6) is -3.18. The van der Waals surface area contributed by atoms with Crippen molar-refractivity contribution in [2.24, 2.45) is 5.92 Å². The van der Waals surface area contributed by atoms with Crippen LogP contribution in [0.3, 0.4) is 0 Å². The highest BCUT2D eigenvalue weighted by Crippen LogP contribution is 2.73. The first-order valence-electron chi connectivity index (χ1n) is 8.37. The first-order valence-corrected chi connectivity index (χ1v) is 9.54. The largest absolute Gasteiger partial charge is 0.468 e. The van der Waals surface area contributed by atoms with Gasteiger partial charge in [-0.3, -0.25) is 24.5 Å². The van der Waals surface area contributed by atoms with Crippen molar-refractivity contribution in [1.29, 1.82) is 0 Å². The summed E-state index contributed by atoms with van der Waals surface area (Å²) in [6.07, 6.45) is 0.